The maximum atomic E-state index is 12.4. The van der Waals surface area contributed by atoms with Crippen LogP contribution in [-0.4, -0.2) is 59.1 Å². The highest BCUT2D eigenvalue weighted by atomic mass is 32.1. The summed E-state index contributed by atoms with van der Waals surface area (Å²) in [4.78, 5) is 17.1. The van der Waals surface area contributed by atoms with Crippen LogP contribution in [0.4, 0.5) is 0 Å². The highest BCUT2D eigenvalue weighted by Gasteiger charge is 2.29. The van der Waals surface area contributed by atoms with Gasteiger partial charge in [-0.3, -0.25) is 9.69 Å². The average Bonchev–Trinajstić information content (AvgIpc) is 2.86. The number of nitriles is 1. The molecular weight excluding hydrogens is 274 g/mol. The summed E-state index contributed by atoms with van der Waals surface area (Å²) >= 11 is 1.32. The average molecular weight is 293 g/mol. The molecule has 1 N–H and O–H groups in total. The summed E-state index contributed by atoms with van der Waals surface area (Å²) in [7, 11) is 0. The molecule has 0 radical (unpaired) electrons. The largest absolute Gasteiger partial charge is 0.392 e. The number of hydrogen-bond donors (Lipinski definition) is 1. The van der Waals surface area contributed by atoms with Gasteiger partial charge in [-0.25, -0.2) is 0 Å². The number of nitrogens with zero attached hydrogens (tertiary/aromatic N) is 3. The van der Waals surface area contributed by atoms with E-state index in [0.717, 1.165) is 13.1 Å². The summed E-state index contributed by atoms with van der Waals surface area (Å²) in [6.07, 6.45) is -0.347. The molecule has 108 valence electrons. The molecular formula is C14H19N3O2S. The molecule has 0 saturated carbocycles. The number of piperazine rings is 1. The predicted molar refractivity (Wildman–Crippen MR) is 77.7 cm³/mol. The summed E-state index contributed by atoms with van der Waals surface area (Å²) in [5.41, 5.74) is 0.541. The topological polar surface area (TPSA) is 67.6 Å². The lowest BCUT2D eigenvalue weighted by Crippen LogP contribution is -2.54. The van der Waals surface area contributed by atoms with Gasteiger partial charge < -0.3 is 10.0 Å². The Bertz CT molecular complexity index is 521. The molecule has 0 bridgehead atoms. The van der Waals surface area contributed by atoms with Gasteiger partial charge in [-0.15, -0.1) is 11.3 Å². The van der Waals surface area contributed by atoms with E-state index in [9.17, 15) is 9.90 Å². The molecule has 2 rings (SSSR count). The number of thiophene rings is 1. The van der Waals surface area contributed by atoms with Gasteiger partial charge in [0.25, 0.3) is 5.91 Å². The third-order valence-corrected chi connectivity index (χ3v) is 4.35. The molecule has 6 heteroatoms. The first-order chi connectivity index (χ1) is 9.51. The van der Waals surface area contributed by atoms with Crippen LogP contribution in [0.3, 0.4) is 0 Å². The van der Waals surface area contributed by atoms with E-state index >= 15 is 0 Å². The van der Waals surface area contributed by atoms with E-state index in [2.05, 4.69) is 4.90 Å². The molecule has 1 aromatic heterocycles. The number of hydrogen-bond acceptors (Lipinski definition) is 5. The number of aliphatic hydroxyl groups excluding tert-OH is 1. The maximum Gasteiger partial charge on any atom is 0.264 e. The Morgan fingerprint density at radius 1 is 1.65 bits per heavy atom. The third-order valence-electron chi connectivity index (χ3n) is 3.43. The van der Waals surface area contributed by atoms with Crippen LogP contribution >= 0.6 is 11.3 Å². The van der Waals surface area contributed by atoms with Crippen LogP contribution in [0.1, 0.15) is 29.1 Å². The van der Waals surface area contributed by atoms with Gasteiger partial charge in [0.1, 0.15) is 6.07 Å². The van der Waals surface area contributed by atoms with Gasteiger partial charge in [0.05, 0.1) is 16.5 Å². The monoisotopic (exact) mass is 293 g/mol. The zero-order chi connectivity index (χ0) is 14.7. The summed E-state index contributed by atoms with van der Waals surface area (Å²) in [5, 5.41) is 19.9. The van der Waals surface area contributed by atoms with Crippen molar-refractivity contribution < 1.29 is 9.90 Å². The first-order valence-corrected chi connectivity index (χ1v) is 7.59. The van der Waals surface area contributed by atoms with Gasteiger partial charge in [-0.2, -0.15) is 5.26 Å². The molecule has 0 spiro atoms. The predicted octanol–water partition coefficient (Wildman–Crippen LogP) is 1.15. The molecule has 1 fully saturated rings. The van der Waals surface area contributed by atoms with Crippen LogP contribution in [0.15, 0.2) is 11.4 Å². The van der Waals surface area contributed by atoms with Gasteiger partial charge in [-0.05, 0) is 19.9 Å². The second-order valence-electron chi connectivity index (χ2n) is 5.27. The van der Waals surface area contributed by atoms with E-state index in [-0.39, 0.29) is 18.1 Å². The van der Waals surface area contributed by atoms with Crippen molar-refractivity contribution in [3.63, 3.8) is 0 Å². The summed E-state index contributed by atoms with van der Waals surface area (Å²) in [6, 6.07) is 3.82. The number of β-amino-alcohol motifs (C(OH)–C–C–N with tert-alkyl or cyclic N) is 1. The number of carbonyl (C=O) groups excluding carboxylic acids is 1. The Kier molecular flexibility index (Phi) is 4.76. The van der Waals surface area contributed by atoms with E-state index in [1.54, 1.807) is 18.4 Å². The van der Waals surface area contributed by atoms with Crippen molar-refractivity contribution in [2.45, 2.75) is 26.0 Å². The molecule has 1 amide bonds. The van der Waals surface area contributed by atoms with Gasteiger partial charge in [-0.1, -0.05) is 0 Å². The Labute approximate surface area is 123 Å². The highest BCUT2D eigenvalue weighted by molar-refractivity contribution is 7.12. The fourth-order valence-corrected chi connectivity index (χ4v) is 3.31. The fraction of sp³-hybridized carbons (Fsp3) is 0.571. The second kappa shape index (κ2) is 6.35. The van der Waals surface area contributed by atoms with Crippen LogP contribution in [0.5, 0.6) is 0 Å². The minimum Gasteiger partial charge on any atom is -0.392 e. The van der Waals surface area contributed by atoms with Crippen molar-refractivity contribution in [1.29, 1.82) is 5.26 Å². The van der Waals surface area contributed by atoms with Crippen LogP contribution in [0.2, 0.25) is 0 Å². The molecule has 1 aliphatic rings. The van der Waals surface area contributed by atoms with Gasteiger partial charge in [0, 0.05) is 37.6 Å². The van der Waals surface area contributed by atoms with Crippen molar-refractivity contribution in [1.82, 2.24) is 9.80 Å². The lowest BCUT2D eigenvalue weighted by molar-refractivity contribution is 0.0387. The highest BCUT2D eigenvalue weighted by Crippen LogP contribution is 2.19. The van der Waals surface area contributed by atoms with E-state index in [0.29, 0.717) is 23.5 Å². The first-order valence-electron chi connectivity index (χ1n) is 6.71. The number of aliphatic hydroxyl groups is 1. The Morgan fingerprint density at radius 3 is 2.95 bits per heavy atom. The van der Waals surface area contributed by atoms with Crippen molar-refractivity contribution in [2.75, 3.05) is 26.2 Å². The lowest BCUT2D eigenvalue weighted by atomic mass is 10.1. The number of amides is 1. The van der Waals surface area contributed by atoms with E-state index in [1.165, 1.54) is 11.3 Å². The van der Waals surface area contributed by atoms with Gasteiger partial charge >= 0.3 is 0 Å². The SMILES string of the molecule is C[C@H](O)CN1CCN(C(=O)c2cc(C#N)cs2)[C@@H](C)C1. The van der Waals surface area contributed by atoms with Gasteiger partial charge in [0.15, 0.2) is 0 Å². The van der Waals surface area contributed by atoms with Gasteiger partial charge in [0.2, 0.25) is 0 Å². The van der Waals surface area contributed by atoms with Crippen molar-refractivity contribution in [3.05, 3.63) is 21.9 Å². The molecule has 0 unspecified atom stereocenters. The number of rotatable bonds is 3. The first kappa shape index (κ1) is 15.0. The Balaban J connectivity index is 2.00. The van der Waals surface area contributed by atoms with Crippen LogP contribution in [-0.2, 0) is 0 Å². The molecule has 20 heavy (non-hydrogen) atoms. The summed E-state index contributed by atoms with van der Waals surface area (Å²) in [5.74, 6) is 0.000645. The van der Waals surface area contributed by atoms with E-state index < -0.39 is 0 Å². The smallest absolute Gasteiger partial charge is 0.264 e. The Morgan fingerprint density at radius 2 is 2.40 bits per heavy atom. The minimum atomic E-state index is -0.347. The van der Waals surface area contributed by atoms with E-state index in [1.807, 2.05) is 17.9 Å². The standard InChI is InChI=1S/C14H19N3O2S/c1-10-7-16(8-11(2)18)3-4-17(10)14(19)13-5-12(6-15)9-20-13/h5,9-11,18H,3-4,7-8H2,1-2H3/t10-,11-/m0/s1. The normalized spacial score (nSPS) is 21.5. The second-order valence-corrected chi connectivity index (χ2v) is 6.18. The molecule has 2 atom stereocenters. The minimum absolute atomic E-state index is 0.000645. The summed E-state index contributed by atoms with van der Waals surface area (Å²) < 4.78 is 0. The maximum absolute atomic E-state index is 12.4. The molecule has 2 heterocycles. The van der Waals surface area contributed by atoms with Crippen LogP contribution < -0.4 is 0 Å². The molecule has 1 aliphatic heterocycles. The lowest BCUT2D eigenvalue weighted by Gasteiger charge is -2.40. The van der Waals surface area contributed by atoms with Crippen LogP contribution in [0.25, 0.3) is 0 Å². The third kappa shape index (κ3) is 3.37. The zero-order valence-corrected chi connectivity index (χ0v) is 12.6. The molecule has 1 aromatic rings. The van der Waals surface area contributed by atoms with Crippen LogP contribution in [0, 0.1) is 11.3 Å². The molecule has 0 aromatic carbocycles. The van der Waals surface area contributed by atoms with Crippen molar-refractivity contribution in [2.24, 2.45) is 0 Å². The molecule has 5 nitrogen and oxygen atoms in total. The Hall–Kier alpha value is -1.42. The quantitative estimate of drug-likeness (QED) is 0.907. The fourth-order valence-electron chi connectivity index (χ4n) is 2.52. The van der Waals surface area contributed by atoms with Crippen molar-refractivity contribution in [3.8, 4) is 6.07 Å². The zero-order valence-electron chi connectivity index (χ0n) is 11.7. The summed E-state index contributed by atoms with van der Waals surface area (Å²) in [6.45, 7) is 6.64. The molecule has 0 aliphatic carbocycles. The molecule has 1 saturated heterocycles. The number of carbonyl (C=O) groups is 1. The van der Waals surface area contributed by atoms with E-state index in [4.69, 9.17) is 5.26 Å². The van der Waals surface area contributed by atoms with Crippen molar-refractivity contribution >= 4 is 17.2 Å².